The van der Waals surface area contributed by atoms with Crippen molar-refractivity contribution in [3.05, 3.63) is 0 Å². The van der Waals surface area contributed by atoms with E-state index in [1.54, 1.807) is 0 Å². The molecule has 2 fully saturated rings. The van der Waals surface area contributed by atoms with Crippen LogP contribution < -0.4 is 5.32 Å². The molecule has 0 amide bonds. The van der Waals surface area contributed by atoms with Gasteiger partial charge in [-0.2, -0.15) is 0 Å². The number of nitrogens with zero attached hydrogens (tertiary/aromatic N) is 1. The Morgan fingerprint density at radius 1 is 1.25 bits per heavy atom. The van der Waals surface area contributed by atoms with Crippen LogP contribution in [0.25, 0.3) is 0 Å². The van der Waals surface area contributed by atoms with Crippen molar-refractivity contribution in [3.8, 4) is 0 Å². The van der Waals surface area contributed by atoms with Crippen molar-refractivity contribution < 1.29 is 0 Å². The summed E-state index contributed by atoms with van der Waals surface area (Å²) in [5, 5.41) is 3.55. The van der Waals surface area contributed by atoms with Crippen molar-refractivity contribution in [2.24, 2.45) is 0 Å². The van der Waals surface area contributed by atoms with Crippen LogP contribution in [0.15, 0.2) is 0 Å². The Hall–Kier alpha value is -0.0800. The Balaban J connectivity index is 0.000000336. The van der Waals surface area contributed by atoms with Gasteiger partial charge in [0.25, 0.3) is 0 Å². The van der Waals surface area contributed by atoms with E-state index in [-0.39, 0.29) is 0 Å². The van der Waals surface area contributed by atoms with Gasteiger partial charge in [-0.1, -0.05) is 13.8 Å². The van der Waals surface area contributed by atoms with Crippen molar-refractivity contribution in [2.75, 3.05) is 20.1 Å². The Morgan fingerprint density at radius 3 is 2.67 bits per heavy atom. The lowest BCUT2D eigenvalue weighted by Crippen LogP contribution is -2.46. The molecule has 72 valence electrons. The van der Waals surface area contributed by atoms with E-state index in [9.17, 15) is 0 Å². The second-order valence-electron chi connectivity index (χ2n) is 3.54. The molecule has 2 heteroatoms. The molecule has 2 saturated heterocycles. The lowest BCUT2D eigenvalue weighted by atomic mass is 9.98. The number of likely N-dealkylation sites (tertiary alicyclic amines) is 1. The third-order valence-corrected chi connectivity index (χ3v) is 2.90. The van der Waals surface area contributed by atoms with E-state index in [2.05, 4.69) is 17.3 Å². The number of hydrogen-bond acceptors (Lipinski definition) is 2. The summed E-state index contributed by atoms with van der Waals surface area (Å²) < 4.78 is 0. The van der Waals surface area contributed by atoms with E-state index >= 15 is 0 Å². The maximum atomic E-state index is 3.55. The minimum Gasteiger partial charge on any atom is -0.312 e. The lowest BCUT2D eigenvalue weighted by Gasteiger charge is -2.34. The molecule has 0 saturated carbocycles. The van der Waals surface area contributed by atoms with Gasteiger partial charge in [-0.15, -0.1) is 0 Å². The van der Waals surface area contributed by atoms with Gasteiger partial charge < -0.3 is 10.2 Å². The SMILES string of the molecule is CC.CN1CCCC2NCCC21. The third-order valence-electron chi connectivity index (χ3n) is 2.90. The summed E-state index contributed by atoms with van der Waals surface area (Å²) in [6.45, 7) is 6.54. The average molecular weight is 170 g/mol. The smallest absolute Gasteiger partial charge is 0.0258 e. The number of likely N-dealkylation sites (N-methyl/N-ethyl adjacent to an activating group) is 1. The first-order valence-corrected chi connectivity index (χ1v) is 5.31. The number of fused-ring (bicyclic) bond motifs is 1. The molecule has 1 N–H and O–H groups in total. The van der Waals surface area contributed by atoms with E-state index in [0.717, 1.165) is 12.1 Å². The first-order valence-electron chi connectivity index (χ1n) is 5.31. The van der Waals surface area contributed by atoms with E-state index < -0.39 is 0 Å². The molecule has 0 aromatic carbocycles. The molecule has 12 heavy (non-hydrogen) atoms. The predicted molar refractivity (Wildman–Crippen MR) is 53.4 cm³/mol. The second-order valence-corrected chi connectivity index (χ2v) is 3.54. The van der Waals surface area contributed by atoms with Gasteiger partial charge in [0, 0.05) is 12.1 Å². The fourth-order valence-corrected chi connectivity index (χ4v) is 2.30. The van der Waals surface area contributed by atoms with E-state index in [1.165, 1.54) is 32.4 Å². The van der Waals surface area contributed by atoms with Crippen LogP contribution in [0, 0.1) is 0 Å². The van der Waals surface area contributed by atoms with Crippen LogP contribution in [-0.2, 0) is 0 Å². The highest BCUT2D eigenvalue weighted by molar-refractivity contribution is 4.92. The maximum absolute atomic E-state index is 3.55. The van der Waals surface area contributed by atoms with Gasteiger partial charge in [-0.05, 0) is 39.4 Å². The average Bonchev–Trinajstić information content (AvgIpc) is 2.57. The van der Waals surface area contributed by atoms with Crippen LogP contribution >= 0.6 is 0 Å². The van der Waals surface area contributed by atoms with Gasteiger partial charge in [-0.3, -0.25) is 0 Å². The molecule has 0 radical (unpaired) electrons. The fourth-order valence-electron chi connectivity index (χ4n) is 2.30. The molecule has 2 nitrogen and oxygen atoms in total. The summed E-state index contributed by atoms with van der Waals surface area (Å²) >= 11 is 0. The molecule has 0 aromatic rings. The number of rotatable bonds is 0. The minimum atomic E-state index is 0.818. The first-order chi connectivity index (χ1) is 5.88. The van der Waals surface area contributed by atoms with Crippen LogP contribution in [0.5, 0.6) is 0 Å². The molecule has 2 aliphatic rings. The maximum Gasteiger partial charge on any atom is 0.0258 e. The topological polar surface area (TPSA) is 15.3 Å². The molecular weight excluding hydrogens is 148 g/mol. The number of nitrogens with one attached hydrogen (secondary N) is 1. The molecule has 2 heterocycles. The molecule has 2 aliphatic heterocycles. The van der Waals surface area contributed by atoms with E-state index in [0.29, 0.717) is 0 Å². The van der Waals surface area contributed by atoms with Gasteiger partial charge in [0.15, 0.2) is 0 Å². The van der Waals surface area contributed by atoms with Crippen LogP contribution in [0.3, 0.4) is 0 Å². The van der Waals surface area contributed by atoms with Crippen molar-refractivity contribution >= 4 is 0 Å². The van der Waals surface area contributed by atoms with E-state index in [1.807, 2.05) is 13.8 Å². The van der Waals surface area contributed by atoms with E-state index in [4.69, 9.17) is 0 Å². The Morgan fingerprint density at radius 2 is 2.00 bits per heavy atom. The van der Waals surface area contributed by atoms with Crippen molar-refractivity contribution in [3.63, 3.8) is 0 Å². The zero-order valence-electron chi connectivity index (χ0n) is 8.64. The number of piperidine rings is 1. The Kier molecular flexibility index (Phi) is 4.02. The normalized spacial score (nSPS) is 35.2. The molecule has 0 spiro atoms. The van der Waals surface area contributed by atoms with Crippen molar-refractivity contribution in [2.45, 2.75) is 45.2 Å². The Bertz CT molecular complexity index is 125. The monoisotopic (exact) mass is 170 g/mol. The van der Waals surface area contributed by atoms with Gasteiger partial charge in [0.2, 0.25) is 0 Å². The first kappa shape index (κ1) is 10.0. The quantitative estimate of drug-likeness (QED) is 0.592. The highest BCUT2D eigenvalue weighted by Gasteiger charge is 2.32. The molecular formula is C10H22N2. The molecule has 0 aliphatic carbocycles. The summed E-state index contributed by atoms with van der Waals surface area (Å²) in [4.78, 5) is 2.51. The fraction of sp³-hybridized carbons (Fsp3) is 1.00. The van der Waals surface area contributed by atoms with Crippen LogP contribution in [0.4, 0.5) is 0 Å². The summed E-state index contributed by atoms with van der Waals surface area (Å²) in [5.41, 5.74) is 0. The molecule has 2 atom stereocenters. The molecule has 0 aromatic heterocycles. The number of hydrogen-bond donors (Lipinski definition) is 1. The van der Waals surface area contributed by atoms with Gasteiger partial charge in [0.05, 0.1) is 0 Å². The standard InChI is InChI=1S/C8H16N2.C2H6/c1-10-6-2-3-7-8(10)4-5-9-7;1-2/h7-9H,2-6H2,1H3;1-2H3. The van der Waals surface area contributed by atoms with Gasteiger partial charge in [0.1, 0.15) is 0 Å². The predicted octanol–water partition coefficient (Wildman–Crippen LogP) is 1.47. The third kappa shape index (κ3) is 1.99. The molecule has 2 unspecified atom stereocenters. The van der Waals surface area contributed by atoms with Crippen molar-refractivity contribution in [1.82, 2.24) is 10.2 Å². The second kappa shape index (κ2) is 4.83. The Labute approximate surface area is 76.3 Å². The highest BCUT2D eigenvalue weighted by atomic mass is 15.2. The zero-order chi connectivity index (χ0) is 8.97. The lowest BCUT2D eigenvalue weighted by molar-refractivity contribution is 0.173. The van der Waals surface area contributed by atoms with Gasteiger partial charge >= 0.3 is 0 Å². The summed E-state index contributed by atoms with van der Waals surface area (Å²) in [6, 6.07) is 1.67. The zero-order valence-corrected chi connectivity index (χ0v) is 8.64. The summed E-state index contributed by atoms with van der Waals surface area (Å²) in [7, 11) is 2.25. The minimum absolute atomic E-state index is 0.818. The summed E-state index contributed by atoms with van der Waals surface area (Å²) in [6.07, 6.45) is 4.14. The van der Waals surface area contributed by atoms with Crippen LogP contribution in [0.2, 0.25) is 0 Å². The highest BCUT2D eigenvalue weighted by Crippen LogP contribution is 2.22. The molecule has 2 rings (SSSR count). The van der Waals surface area contributed by atoms with Crippen molar-refractivity contribution in [1.29, 1.82) is 0 Å². The molecule has 0 bridgehead atoms. The van der Waals surface area contributed by atoms with Gasteiger partial charge in [-0.25, -0.2) is 0 Å². The van der Waals surface area contributed by atoms with Crippen LogP contribution in [-0.4, -0.2) is 37.1 Å². The largest absolute Gasteiger partial charge is 0.312 e. The summed E-state index contributed by atoms with van der Waals surface area (Å²) in [5.74, 6) is 0. The van der Waals surface area contributed by atoms with Crippen LogP contribution in [0.1, 0.15) is 33.1 Å².